The quantitative estimate of drug-likeness (QED) is 0.291. The van der Waals surface area contributed by atoms with Crippen LogP contribution in [0, 0.1) is 11.8 Å². The highest BCUT2D eigenvalue weighted by Crippen LogP contribution is 2.24. The second kappa shape index (κ2) is 17.3. The van der Waals surface area contributed by atoms with E-state index in [2.05, 4.69) is 10.6 Å². The third kappa shape index (κ3) is 11.7. The van der Waals surface area contributed by atoms with Crippen molar-refractivity contribution in [1.82, 2.24) is 5.32 Å². The maximum absolute atomic E-state index is 12.9. The van der Waals surface area contributed by atoms with E-state index in [1.807, 2.05) is 38.1 Å². The minimum Gasteiger partial charge on any atom is -0.508 e. The molecule has 2 bridgehead atoms. The third-order valence-electron chi connectivity index (χ3n) is 7.07. The van der Waals surface area contributed by atoms with E-state index in [0.717, 1.165) is 11.1 Å². The third-order valence-corrected chi connectivity index (χ3v) is 7.07. The molecule has 1 aromatic carbocycles. The maximum Gasteiger partial charge on any atom is 0.328 e. The zero-order valence-electron chi connectivity index (χ0n) is 25.5. The van der Waals surface area contributed by atoms with E-state index < -0.39 is 36.2 Å². The van der Waals surface area contributed by atoms with Gasteiger partial charge >= 0.3 is 5.97 Å². The lowest BCUT2D eigenvalue weighted by Gasteiger charge is -2.29. The van der Waals surface area contributed by atoms with Crippen LogP contribution < -0.4 is 10.6 Å². The Hall–Kier alpha value is -3.69. The molecule has 1 heterocycles. The van der Waals surface area contributed by atoms with Crippen molar-refractivity contribution in [3.8, 4) is 5.75 Å². The van der Waals surface area contributed by atoms with Crippen LogP contribution in [0.3, 0.4) is 0 Å². The van der Waals surface area contributed by atoms with Gasteiger partial charge in [-0.15, -0.1) is 0 Å². The van der Waals surface area contributed by atoms with Crippen LogP contribution in [0.25, 0.3) is 0 Å². The van der Waals surface area contributed by atoms with Gasteiger partial charge in [0.25, 0.3) is 0 Å². The first-order valence-electron chi connectivity index (χ1n) is 14.4. The highest BCUT2D eigenvalue weighted by atomic mass is 16.5. The monoisotopic (exact) mass is 582 g/mol. The first-order valence-corrected chi connectivity index (χ1v) is 14.4. The Morgan fingerprint density at radius 2 is 1.81 bits per heavy atom. The van der Waals surface area contributed by atoms with Crippen LogP contribution in [0.15, 0.2) is 66.3 Å². The van der Waals surface area contributed by atoms with Crippen LogP contribution in [0.2, 0.25) is 0 Å². The van der Waals surface area contributed by atoms with E-state index in [4.69, 9.17) is 9.47 Å². The summed E-state index contributed by atoms with van der Waals surface area (Å²) in [6.45, 7) is 8.73. The molecule has 0 saturated heterocycles. The van der Waals surface area contributed by atoms with E-state index in [0.29, 0.717) is 24.9 Å². The van der Waals surface area contributed by atoms with Crippen molar-refractivity contribution in [3.63, 3.8) is 0 Å². The maximum atomic E-state index is 12.9. The molecule has 0 aromatic heterocycles. The molecular weight excluding hydrogens is 536 g/mol. The number of esters is 1. The average molecular weight is 583 g/mol. The number of aromatic hydroxyl groups is 1. The smallest absolute Gasteiger partial charge is 0.328 e. The van der Waals surface area contributed by atoms with Gasteiger partial charge in [0.1, 0.15) is 17.9 Å². The number of fused-ring (bicyclic) bond motifs is 2. The molecule has 230 valence electrons. The van der Waals surface area contributed by atoms with E-state index >= 15 is 0 Å². The summed E-state index contributed by atoms with van der Waals surface area (Å²) in [6.07, 6.45) is 12.4. The van der Waals surface area contributed by atoms with Crippen molar-refractivity contribution in [2.24, 2.45) is 11.8 Å². The molecule has 2 rings (SSSR count). The predicted molar refractivity (Wildman–Crippen MR) is 164 cm³/mol. The van der Waals surface area contributed by atoms with E-state index in [9.17, 15) is 24.6 Å². The van der Waals surface area contributed by atoms with Crippen LogP contribution in [-0.2, 0) is 30.3 Å². The summed E-state index contributed by atoms with van der Waals surface area (Å²) in [5.74, 6) is -1.73. The summed E-state index contributed by atoms with van der Waals surface area (Å²) < 4.78 is 11.2. The van der Waals surface area contributed by atoms with E-state index in [1.165, 1.54) is 13.2 Å². The van der Waals surface area contributed by atoms with Gasteiger partial charge in [-0.05, 0) is 50.0 Å². The number of carbonyl (C=O) groups is 3. The molecule has 1 aromatic rings. The zero-order chi connectivity index (χ0) is 31.2. The molecule has 0 fully saturated rings. The van der Waals surface area contributed by atoms with Crippen molar-refractivity contribution in [2.75, 3.05) is 12.4 Å². The van der Waals surface area contributed by atoms with E-state index in [1.54, 1.807) is 51.1 Å². The number of amides is 2. The summed E-state index contributed by atoms with van der Waals surface area (Å²) in [7, 11) is 1.53. The normalized spacial score (nSPS) is 23.3. The molecule has 0 saturated carbocycles. The molecule has 0 radical (unpaired) electrons. The summed E-state index contributed by atoms with van der Waals surface area (Å²) in [5.41, 5.74) is 2.04. The number of benzene rings is 1. The lowest BCUT2D eigenvalue weighted by Crippen LogP contribution is -2.44. The second-order valence-electron chi connectivity index (χ2n) is 11.0. The number of ether oxygens (including phenoxy) is 2. The van der Waals surface area contributed by atoms with Gasteiger partial charge in [0.15, 0.2) is 0 Å². The number of aliphatic hydroxyl groups is 1. The van der Waals surface area contributed by atoms with Crippen molar-refractivity contribution in [3.05, 3.63) is 71.9 Å². The van der Waals surface area contributed by atoms with Gasteiger partial charge in [0, 0.05) is 37.1 Å². The van der Waals surface area contributed by atoms with Crippen LogP contribution in [-0.4, -0.2) is 59.5 Å². The fourth-order valence-electron chi connectivity index (χ4n) is 4.39. The molecule has 0 aliphatic carbocycles. The molecule has 9 heteroatoms. The highest BCUT2D eigenvalue weighted by Gasteiger charge is 2.30. The molecule has 4 N–H and O–H groups in total. The molecule has 2 amide bonds. The van der Waals surface area contributed by atoms with Gasteiger partial charge in [0.2, 0.25) is 11.8 Å². The van der Waals surface area contributed by atoms with Crippen molar-refractivity contribution < 1.29 is 34.1 Å². The average Bonchev–Trinajstić information content (AvgIpc) is 2.93. The molecule has 5 atom stereocenters. The SMILES string of the molecule is COC1C=CC=CC=CCC(OC(=O)C(C)NC(=O)C(C)C)C(C)C(O)C(C)=CCCc2cc(O)cc(c2)NC(=O)C1. The van der Waals surface area contributed by atoms with Crippen molar-refractivity contribution >= 4 is 23.5 Å². The predicted octanol–water partition coefficient (Wildman–Crippen LogP) is 4.76. The Kier molecular flexibility index (Phi) is 14.2. The number of methoxy groups -OCH3 is 1. The Bertz CT molecular complexity index is 1180. The summed E-state index contributed by atoms with van der Waals surface area (Å²) in [6, 6.07) is 4.11. The lowest BCUT2D eigenvalue weighted by atomic mass is 9.90. The van der Waals surface area contributed by atoms with Crippen molar-refractivity contribution in [1.29, 1.82) is 0 Å². The standard InChI is InChI=1S/C33H46N2O7/c1-21(2)32(39)34-24(5)33(40)42-29-16-11-9-7-8-10-15-28(41-6)20-30(37)35-26-17-25(18-27(36)19-26)14-12-13-22(3)31(38)23(29)4/h7-11,13,15,17-19,21,23-24,28-29,31,36,38H,12,14,16,20H2,1-6H3,(H,34,39)(H,35,37). The Labute approximate surface area is 249 Å². The van der Waals surface area contributed by atoms with Crippen LogP contribution in [0.4, 0.5) is 5.69 Å². The van der Waals surface area contributed by atoms with E-state index in [-0.39, 0.29) is 29.9 Å². The number of hydrogen-bond donors (Lipinski definition) is 4. The molecule has 1 aliphatic rings. The van der Waals surface area contributed by atoms with Crippen LogP contribution >= 0.6 is 0 Å². The van der Waals surface area contributed by atoms with Gasteiger partial charge in [-0.1, -0.05) is 63.3 Å². The molecule has 1 aliphatic heterocycles. The van der Waals surface area contributed by atoms with Gasteiger partial charge in [0.05, 0.1) is 18.6 Å². The number of rotatable bonds is 5. The Balaban J connectivity index is 2.32. The van der Waals surface area contributed by atoms with Crippen LogP contribution in [0.5, 0.6) is 5.75 Å². The fourth-order valence-corrected chi connectivity index (χ4v) is 4.39. The number of phenolic OH excluding ortho intramolecular Hbond substituents is 1. The molecule has 0 spiro atoms. The summed E-state index contributed by atoms with van der Waals surface area (Å²) >= 11 is 0. The highest BCUT2D eigenvalue weighted by molar-refractivity contribution is 5.91. The minimum absolute atomic E-state index is 0.0415. The topological polar surface area (TPSA) is 134 Å². The fraction of sp³-hybridized carbons (Fsp3) is 0.485. The van der Waals surface area contributed by atoms with Crippen LogP contribution in [0.1, 0.15) is 59.4 Å². The number of phenols is 1. The summed E-state index contributed by atoms with van der Waals surface area (Å²) in [4.78, 5) is 37.5. The number of hydrogen-bond acceptors (Lipinski definition) is 7. The molecule has 9 nitrogen and oxygen atoms in total. The Morgan fingerprint density at radius 1 is 1.10 bits per heavy atom. The number of nitrogens with one attached hydrogen (secondary N) is 2. The largest absolute Gasteiger partial charge is 0.508 e. The minimum atomic E-state index is -0.880. The van der Waals surface area contributed by atoms with Gasteiger partial charge in [-0.2, -0.15) is 0 Å². The number of allylic oxidation sites excluding steroid dienone is 5. The molecular formula is C33H46N2O7. The lowest BCUT2D eigenvalue weighted by molar-refractivity contribution is -0.156. The van der Waals surface area contributed by atoms with Gasteiger partial charge in [-0.3, -0.25) is 9.59 Å². The molecule has 42 heavy (non-hydrogen) atoms. The number of carbonyl (C=O) groups excluding carboxylic acids is 3. The van der Waals surface area contributed by atoms with Gasteiger partial charge < -0.3 is 30.3 Å². The first kappa shape index (κ1) is 34.5. The summed E-state index contributed by atoms with van der Waals surface area (Å²) in [5, 5.41) is 26.9. The molecule has 5 unspecified atom stereocenters. The number of aryl methyl sites for hydroxylation is 1. The Morgan fingerprint density at radius 3 is 2.50 bits per heavy atom. The second-order valence-corrected chi connectivity index (χ2v) is 11.0. The zero-order valence-corrected chi connectivity index (χ0v) is 25.5. The van der Waals surface area contributed by atoms with Crippen molar-refractivity contribution in [2.45, 2.75) is 84.7 Å². The number of anilines is 1. The first-order chi connectivity index (χ1) is 19.9. The van der Waals surface area contributed by atoms with Gasteiger partial charge in [-0.25, -0.2) is 4.79 Å². The number of aliphatic hydroxyl groups excluding tert-OH is 1.